The summed E-state index contributed by atoms with van der Waals surface area (Å²) in [6.45, 7) is 3.04. The maximum atomic E-state index is 11.6. The maximum absolute atomic E-state index is 11.6. The Hall–Kier alpha value is -1.10. The number of rotatable bonds is 3. The van der Waals surface area contributed by atoms with E-state index in [-0.39, 0.29) is 17.7 Å². The van der Waals surface area contributed by atoms with E-state index < -0.39 is 6.04 Å². The highest BCUT2D eigenvalue weighted by Crippen LogP contribution is 2.19. The molecule has 2 atom stereocenters. The molecule has 0 aromatic rings. The number of hydrogen-bond donors (Lipinski definition) is 2. The Morgan fingerprint density at radius 2 is 2.20 bits per heavy atom. The number of carbonyl (C=O) groups is 2. The molecule has 1 saturated heterocycles. The normalized spacial score (nSPS) is 23.6. The quantitative estimate of drug-likeness (QED) is 0.659. The van der Waals surface area contributed by atoms with E-state index in [2.05, 4.69) is 0 Å². The van der Waals surface area contributed by atoms with E-state index in [4.69, 9.17) is 11.5 Å². The smallest absolute Gasteiger partial charge is 0.239 e. The van der Waals surface area contributed by atoms with Gasteiger partial charge in [-0.1, -0.05) is 0 Å². The second-order valence-electron chi connectivity index (χ2n) is 4.25. The number of carbonyl (C=O) groups excluding carboxylic acids is 2. The van der Waals surface area contributed by atoms with E-state index in [0.717, 1.165) is 19.4 Å². The zero-order valence-corrected chi connectivity index (χ0v) is 9.11. The Labute approximate surface area is 89.8 Å². The monoisotopic (exact) mass is 213 g/mol. The van der Waals surface area contributed by atoms with Crippen LogP contribution < -0.4 is 11.5 Å². The summed E-state index contributed by atoms with van der Waals surface area (Å²) in [5.74, 6) is -0.127. The molecule has 1 aliphatic heterocycles. The number of nitrogens with zero attached hydrogens (tertiary/aromatic N) is 1. The number of primary amides is 1. The fourth-order valence-electron chi connectivity index (χ4n) is 2.00. The van der Waals surface area contributed by atoms with Crippen LogP contribution in [0.3, 0.4) is 0 Å². The van der Waals surface area contributed by atoms with Crippen molar-refractivity contribution in [2.45, 2.75) is 32.2 Å². The molecular weight excluding hydrogens is 194 g/mol. The zero-order valence-electron chi connectivity index (χ0n) is 9.11. The van der Waals surface area contributed by atoms with Crippen molar-refractivity contribution in [3.8, 4) is 0 Å². The lowest BCUT2D eigenvalue weighted by Crippen LogP contribution is -2.47. The molecule has 1 unspecified atom stereocenters. The van der Waals surface area contributed by atoms with Crippen LogP contribution >= 0.6 is 0 Å². The summed E-state index contributed by atoms with van der Waals surface area (Å²) < 4.78 is 0. The third-order valence-corrected chi connectivity index (χ3v) is 2.71. The van der Waals surface area contributed by atoms with Crippen LogP contribution in [0.4, 0.5) is 0 Å². The fraction of sp³-hybridized carbons (Fsp3) is 0.800. The molecule has 5 nitrogen and oxygen atoms in total. The van der Waals surface area contributed by atoms with Gasteiger partial charge in [0.05, 0.1) is 6.04 Å². The zero-order chi connectivity index (χ0) is 11.4. The summed E-state index contributed by atoms with van der Waals surface area (Å²) in [4.78, 5) is 24.1. The molecular formula is C10H19N3O2. The number of nitrogens with two attached hydrogens (primary N) is 2. The number of amides is 2. The SMILES string of the molecule is C[C@@H](N)C(=O)N1CCCC(CC(N)=O)C1. The van der Waals surface area contributed by atoms with E-state index in [1.54, 1.807) is 11.8 Å². The Balaban J connectivity index is 2.48. The molecule has 2 amide bonds. The van der Waals surface area contributed by atoms with Crippen LogP contribution in [-0.2, 0) is 9.59 Å². The lowest BCUT2D eigenvalue weighted by Gasteiger charge is -2.33. The second-order valence-corrected chi connectivity index (χ2v) is 4.25. The highest BCUT2D eigenvalue weighted by molar-refractivity contribution is 5.81. The maximum Gasteiger partial charge on any atom is 0.239 e. The van der Waals surface area contributed by atoms with Crippen molar-refractivity contribution >= 4 is 11.8 Å². The molecule has 1 heterocycles. The topological polar surface area (TPSA) is 89.4 Å². The van der Waals surface area contributed by atoms with Gasteiger partial charge in [0.15, 0.2) is 0 Å². The van der Waals surface area contributed by atoms with Crippen LogP contribution in [0, 0.1) is 5.92 Å². The van der Waals surface area contributed by atoms with Crippen molar-refractivity contribution in [1.29, 1.82) is 0 Å². The van der Waals surface area contributed by atoms with Gasteiger partial charge in [-0.2, -0.15) is 0 Å². The molecule has 0 spiro atoms. The summed E-state index contributed by atoms with van der Waals surface area (Å²) in [6.07, 6.45) is 2.25. The summed E-state index contributed by atoms with van der Waals surface area (Å²) in [7, 11) is 0. The summed E-state index contributed by atoms with van der Waals surface area (Å²) in [5, 5.41) is 0. The fourth-order valence-corrected chi connectivity index (χ4v) is 2.00. The molecule has 15 heavy (non-hydrogen) atoms. The molecule has 0 radical (unpaired) electrons. The van der Waals surface area contributed by atoms with Gasteiger partial charge in [-0.05, 0) is 25.7 Å². The van der Waals surface area contributed by atoms with Crippen molar-refractivity contribution in [2.24, 2.45) is 17.4 Å². The lowest BCUT2D eigenvalue weighted by molar-refractivity contribution is -0.134. The highest BCUT2D eigenvalue weighted by Gasteiger charge is 2.25. The van der Waals surface area contributed by atoms with E-state index in [0.29, 0.717) is 13.0 Å². The molecule has 0 aliphatic carbocycles. The number of piperidine rings is 1. The Morgan fingerprint density at radius 3 is 2.73 bits per heavy atom. The molecule has 0 bridgehead atoms. The molecule has 1 rings (SSSR count). The van der Waals surface area contributed by atoms with Crippen LogP contribution in [-0.4, -0.2) is 35.8 Å². The van der Waals surface area contributed by atoms with Crippen molar-refractivity contribution in [3.05, 3.63) is 0 Å². The first-order valence-corrected chi connectivity index (χ1v) is 5.33. The third-order valence-electron chi connectivity index (χ3n) is 2.71. The molecule has 5 heteroatoms. The minimum Gasteiger partial charge on any atom is -0.370 e. The predicted molar refractivity (Wildman–Crippen MR) is 56.8 cm³/mol. The van der Waals surface area contributed by atoms with Gasteiger partial charge in [0.2, 0.25) is 11.8 Å². The third kappa shape index (κ3) is 3.51. The first kappa shape index (κ1) is 12.0. The Morgan fingerprint density at radius 1 is 1.53 bits per heavy atom. The van der Waals surface area contributed by atoms with Gasteiger partial charge in [-0.15, -0.1) is 0 Å². The van der Waals surface area contributed by atoms with E-state index >= 15 is 0 Å². The average Bonchev–Trinajstić information content (AvgIpc) is 2.16. The second kappa shape index (κ2) is 5.11. The first-order chi connectivity index (χ1) is 7.00. The largest absolute Gasteiger partial charge is 0.370 e. The van der Waals surface area contributed by atoms with E-state index in [1.807, 2.05) is 0 Å². The minimum atomic E-state index is -0.461. The summed E-state index contributed by atoms with van der Waals surface area (Å²) in [5.41, 5.74) is 10.7. The Bertz CT molecular complexity index is 253. The van der Waals surface area contributed by atoms with Crippen LogP contribution in [0.1, 0.15) is 26.2 Å². The molecule has 1 aliphatic rings. The molecule has 4 N–H and O–H groups in total. The van der Waals surface area contributed by atoms with Gasteiger partial charge in [0.1, 0.15) is 0 Å². The van der Waals surface area contributed by atoms with Crippen molar-refractivity contribution < 1.29 is 9.59 Å². The van der Waals surface area contributed by atoms with Crippen molar-refractivity contribution in [2.75, 3.05) is 13.1 Å². The lowest BCUT2D eigenvalue weighted by atomic mass is 9.94. The van der Waals surface area contributed by atoms with Gasteiger partial charge in [-0.3, -0.25) is 9.59 Å². The molecule has 86 valence electrons. The van der Waals surface area contributed by atoms with Crippen molar-refractivity contribution in [3.63, 3.8) is 0 Å². The average molecular weight is 213 g/mol. The van der Waals surface area contributed by atoms with Crippen LogP contribution in [0.5, 0.6) is 0 Å². The minimum absolute atomic E-state index is 0.0378. The van der Waals surface area contributed by atoms with Gasteiger partial charge in [0, 0.05) is 19.5 Å². The molecule has 0 saturated carbocycles. The summed E-state index contributed by atoms with van der Waals surface area (Å²) >= 11 is 0. The van der Waals surface area contributed by atoms with E-state index in [9.17, 15) is 9.59 Å². The van der Waals surface area contributed by atoms with Crippen LogP contribution in [0.25, 0.3) is 0 Å². The first-order valence-electron chi connectivity index (χ1n) is 5.33. The van der Waals surface area contributed by atoms with Crippen molar-refractivity contribution in [1.82, 2.24) is 4.90 Å². The van der Waals surface area contributed by atoms with Gasteiger partial charge in [-0.25, -0.2) is 0 Å². The summed E-state index contributed by atoms with van der Waals surface area (Å²) in [6, 6.07) is -0.461. The number of hydrogen-bond acceptors (Lipinski definition) is 3. The van der Waals surface area contributed by atoms with Gasteiger partial charge >= 0.3 is 0 Å². The molecule has 0 aromatic carbocycles. The van der Waals surface area contributed by atoms with Crippen LogP contribution in [0.15, 0.2) is 0 Å². The molecule has 0 aromatic heterocycles. The Kier molecular flexibility index (Phi) is 4.08. The molecule has 1 fully saturated rings. The van der Waals surface area contributed by atoms with Crippen LogP contribution in [0.2, 0.25) is 0 Å². The van der Waals surface area contributed by atoms with Gasteiger partial charge < -0.3 is 16.4 Å². The predicted octanol–water partition coefficient (Wildman–Crippen LogP) is -0.552. The standard InChI is InChI=1S/C10H19N3O2/c1-7(11)10(15)13-4-2-3-8(6-13)5-9(12)14/h7-8H,2-6,11H2,1H3,(H2,12,14)/t7-,8?/m1/s1. The van der Waals surface area contributed by atoms with Gasteiger partial charge in [0.25, 0.3) is 0 Å². The van der Waals surface area contributed by atoms with E-state index in [1.165, 1.54) is 0 Å². The highest BCUT2D eigenvalue weighted by atomic mass is 16.2. The number of likely N-dealkylation sites (tertiary alicyclic amines) is 1.